The van der Waals surface area contributed by atoms with Gasteiger partial charge < -0.3 is 4.79 Å². The van der Waals surface area contributed by atoms with Crippen molar-refractivity contribution in [3.8, 4) is 12.0 Å². The lowest BCUT2D eigenvalue weighted by molar-refractivity contribution is -0.125. The lowest BCUT2D eigenvalue weighted by Gasteiger charge is -2.14. The van der Waals surface area contributed by atoms with Crippen LogP contribution in [0.5, 0.6) is 0 Å². The molecule has 0 atom stereocenters. The van der Waals surface area contributed by atoms with Crippen LogP contribution in [-0.4, -0.2) is 29.7 Å². The summed E-state index contributed by atoms with van der Waals surface area (Å²) in [6, 6.07) is 10.8. The minimum Gasteiger partial charge on any atom is -0.301 e. The van der Waals surface area contributed by atoms with Crippen molar-refractivity contribution in [1.82, 2.24) is 10.2 Å². The van der Waals surface area contributed by atoms with Gasteiger partial charge in [-0.3, -0.25) is 15.0 Å². The van der Waals surface area contributed by atoms with Crippen LogP contribution in [0, 0.1) is 12.0 Å². The summed E-state index contributed by atoms with van der Waals surface area (Å²) in [6.45, 7) is 1.22. The van der Waals surface area contributed by atoms with Gasteiger partial charge in [0.05, 0.1) is 6.54 Å². The number of hydrogen-bond acceptors (Lipinski definition) is 3. The molecule has 0 fully saturated rings. The second-order valence-electron chi connectivity index (χ2n) is 3.66. The van der Waals surface area contributed by atoms with E-state index in [1.54, 1.807) is 13.0 Å². The molecule has 0 aliphatic carbocycles. The quantitative estimate of drug-likeness (QED) is 0.389. The summed E-state index contributed by atoms with van der Waals surface area (Å²) >= 11 is 0. The van der Waals surface area contributed by atoms with Crippen LogP contribution in [0.1, 0.15) is 12.5 Å². The monoisotopic (exact) mass is 270 g/mol. The van der Waals surface area contributed by atoms with E-state index in [-0.39, 0.29) is 6.54 Å². The standard InChI is InChI=1S/C15H14N2O3/c1-2-10-16-15(20)17(11-12-18)14(19)9-8-13-6-4-3-5-7-13/h3-9,12H,11H2,1H3,(H,16,20). The van der Waals surface area contributed by atoms with Gasteiger partial charge in [-0.25, -0.2) is 4.79 Å². The number of urea groups is 1. The van der Waals surface area contributed by atoms with Crippen LogP contribution in [0.4, 0.5) is 4.79 Å². The number of benzene rings is 1. The summed E-state index contributed by atoms with van der Waals surface area (Å²) < 4.78 is 0. The molecular formula is C15H14N2O3. The third-order valence-electron chi connectivity index (χ3n) is 2.28. The van der Waals surface area contributed by atoms with Crippen molar-refractivity contribution >= 4 is 24.3 Å². The van der Waals surface area contributed by atoms with Gasteiger partial charge in [0.1, 0.15) is 6.29 Å². The number of carbonyl (C=O) groups is 3. The molecule has 0 bridgehead atoms. The average Bonchev–Trinajstić information content (AvgIpc) is 2.49. The number of carbonyl (C=O) groups excluding carboxylic acids is 3. The maximum atomic E-state index is 11.9. The number of aldehydes is 1. The van der Waals surface area contributed by atoms with Crippen molar-refractivity contribution in [1.29, 1.82) is 0 Å². The molecule has 0 aliphatic rings. The highest BCUT2D eigenvalue weighted by molar-refractivity contribution is 6.03. The number of hydrogen-bond donors (Lipinski definition) is 1. The van der Waals surface area contributed by atoms with Crippen molar-refractivity contribution in [2.24, 2.45) is 0 Å². The topological polar surface area (TPSA) is 66.5 Å². The molecule has 0 aromatic heterocycles. The van der Waals surface area contributed by atoms with Gasteiger partial charge in [0.15, 0.2) is 0 Å². The molecule has 0 aliphatic heterocycles. The zero-order chi connectivity index (χ0) is 14.8. The van der Waals surface area contributed by atoms with Gasteiger partial charge >= 0.3 is 6.03 Å². The highest BCUT2D eigenvalue weighted by atomic mass is 16.2. The van der Waals surface area contributed by atoms with E-state index >= 15 is 0 Å². The van der Waals surface area contributed by atoms with Gasteiger partial charge in [0.25, 0.3) is 5.91 Å². The predicted molar refractivity (Wildman–Crippen MR) is 75.2 cm³/mol. The number of amides is 3. The third kappa shape index (κ3) is 4.78. The zero-order valence-electron chi connectivity index (χ0n) is 11.0. The third-order valence-corrected chi connectivity index (χ3v) is 2.28. The van der Waals surface area contributed by atoms with E-state index < -0.39 is 11.9 Å². The smallest absolute Gasteiger partial charge is 0.301 e. The number of nitrogens with zero attached hydrogens (tertiary/aromatic N) is 1. The SMILES string of the molecule is CC#CNC(=O)N(CC=O)C(=O)C=Cc1ccccc1. The molecule has 5 nitrogen and oxygen atoms in total. The Bertz CT molecular complexity index is 568. The minimum atomic E-state index is -0.728. The first-order chi connectivity index (χ1) is 9.69. The Morgan fingerprint density at radius 3 is 2.60 bits per heavy atom. The molecule has 1 N–H and O–H groups in total. The van der Waals surface area contributed by atoms with Crippen LogP contribution < -0.4 is 5.32 Å². The van der Waals surface area contributed by atoms with Crippen molar-refractivity contribution in [2.45, 2.75) is 6.92 Å². The molecular weight excluding hydrogens is 256 g/mol. The summed E-state index contributed by atoms with van der Waals surface area (Å²) in [4.78, 5) is 34.8. The number of nitrogens with one attached hydrogen (secondary N) is 1. The molecule has 0 unspecified atom stereocenters. The molecule has 5 heteroatoms. The highest BCUT2D eigenvalue weighted by Gasteiger charge is 2.17. The summed E-state index contributed by atoms with van der Waals surface area (Å²) in [6.07, 6.45) is 3.28. The van der Waals surface area contributed by atoms with Crippen LogP contribution in [0.15, 0.2) is 36.4 Å². The fourth-order valence-electron chi connectivity index (χ4n) is 1.35. The lowest BCUT2D eigenvalue weighted by atomic mass is 10.2. The fraction of sp³-hybridized carbons (Fsp3) is 0.133. The zero-order valence-corrected chi connectivity index (χ0v) is 11.0. The molecule has 0 spiro atoms. The van der Waals surface area contributed by atoms with Crippen LogP contribution in [-0.2, 0) is 9.59 Å². The highest BCUT2D eigenvalue weighted by Crippen LogP contribution is 2.02. The molecule has 1 aromatic rings. The first-order valence-electron chi connectivity index (χ1n) is 5.89. The Balaban J connectivity index is 2.77. The fourth-order valence-corrected chi connectivity index (χ4v) is 1.35. The van der Waals surface area contributed by atoms with E-state index in [1.165, 1.54) is 6.08 Å². The normalized spacial score (nSPS) is 9.45. The maximum absolute atomic E-state index is 11.9. The van der Waals surface area contributed by atoms with Crippen molar-refractivity contribution in [3.63, 3.8) is 0 Å². The van der Waals surface area contributed by atoms with Crippen LogP contribution in [0.25, 0.3) is 6.08 Å². The van der Waals surface area contributed by atoms with E-state index in [9.17, 15) is 14.4 Å². The van der Waals surface area contributed by atoms with Gasteiger partial charge in [-0.2, -0.15) is 0 Å². The second-order valence-corrected chi connectivity index (χ2v) is 3.66. The molecule has 3 amide bonds. The Kier molecular flexibility index (Phi) is 6.28. The molecule has 0 heterocycles. The van der Waals surface area contributed by atoms with Crippen LogP contribution >= 0.6 is 0 Å². The van der Waals surface area contributed by atoms with Crippen LogP contribution in [0.2, 0.25) is 0 Å². The molecule has 0 saturated carbocycles. The first-order valence-corrected chi connectivity index (χ1v) is 5.89. The van der Waals surface area contributed by atoms with E-state index in [2.05, 4.69) is 17.3 Å². The average molecular weight is 270 g/mol. The number of imide groups is 1. The predicted octanol–water partition coefficient (Wildman–Crippen LogP) is 1.42. The molecule has 0 saturated heterocycles. The first kappa shape index (κ1) is 15.2. The van der Waals surface area contributed by atoms with Crippen molar-refractivity contribution in [3.05, 3.63) is 42.0 Å². The van der Waals surface area contributed by atoms with Crippen molar-refractivity contribution < 1.29 is 14.4 Å². The molecule has 102 valence electrons. The Hall–Kier alpha value is -2.87. The van der Waals surface area contributed by atoms with Gasteiger partial charge in [-0.15, -0.1) is 0 Å². The van der Waals surface area contributed by atoms with E-state index in [4.69, 9.17) is 0 Å². The van der Waals surface area contributed by atoms with Gasteiger partial charge in [-0.05, 0) is 18.6 Å². The van der Waals surface area contributed by atoms with E-state index in [0.717, 1.165) is 10.5 Å². The van der Waals surface area contributed by atoms with Gasteiger partial charge in [0.2, 0.25) is 0 Å². The molecule has 20 heavy (non-hydrogen) atoms. The Labute approximate surface area is 117 Å². The maximum Gasteiger partial charge on any atom is 0.336 e. The Morgan fingerprint density at radius 1 is 1.30 bits per heavy atom. The van der Waals surface area contributed by atoms with Gasteiger partial charge in [-0.1, -0.05) is 36.3 Å². The molecule has 1 aromatic carbocycles. The summed E-state index contributed by atoms with van der Waals surface area (Å²) in [5.74, 6) is 1.88. The minimum absolute atomic E-state index is 0.324. The van der Waals surface area contributed by atoms with Crippen LogP contribution in [0.3, 0.4) is 0 Å². The summed E-state index contributed by atoms with van der Waals surface area (Å²) in [7, 11) is 0. The van der Waals surface area contributed by atoms with E-state index in [0.29, 0.717) is 6.29 Å². The number of rotatable bonds is 4. The largest absolute Gasteiger partial charge is 0.336 e. The van der Waals surface area contributed by atoms with E-state index in [1.807, 2.05) is 30.3 Å². The summed E-state index contributed by atoms with van der Waals surface area (Å²) in [5, 5.41) is 2.21. The van der Waals surface area contributed by atoms with Crippen molar-refractivity contribution in [2.75, 3.05) is 6.54 Å². The van der Waals surface area contributed by atoms with Gasteiger partial charge in [0, 0.05) is 12.1 Å². The second kappa shape index (κ2) is 8.27. The molecule has 0 radical (unpaired) electrons. The lowest BCUT2D eigenvalue weighted by Crippen LogP contribution is -2.42. The Morgan fingerprint density at radius 2 is 2.00 bits per heavy atom. The molecule has 1 rings (SSSR count). The summed E-state index contributed by atoms with van der Waals surface area (Å²) in [5.41, 5.74) is 0.820.